The van der Waals surface area contributed by atoms with Crippen LogP contribution in [-0.4, -0.2) is 11.1 Å². The molecule has 0 spiro atoms. The second kappa shape index (κ2) is 4.65. The lowest BCUT2D eigenvalue weighted by molar-refractivity contribution is 0.0734. The summed E-state index contributed by atoms with van der Waals surface area (Å²) in [5, 5.41) is 8.99. The fourth-order valence-electron chi connectivity index (χ4n) is 1.29. The van der Waals surface area contributed by atoms with E-state index in [0.29, 0.717) is 5.75 Å². The minimum atomic E-state index is -0.854. The number of halogens is 1. The molecule has 86 valence electrons. The summed E-state index contributed by atoms with van der Waals surface area (Å²) in [5.41, 5.74) is 0.0455. The van der Waals surface area contributed by atoms with Gasteiger partial charge >= 0.3 is 5.97 Å². The standard InChI is InChI=1S/C13H9FO3/c14-11-8-9(6-7-12(11)15)13(16)17-10-4-2-1-3-5-10/h1-8,15H. The highest BCUT2D eigenvalue weighted by atomic mass is 19.1. The van der Waals surface area contributed by atoms with E-state index in [4.69, 9.17) is 9.84 Å². The molecule has 0 radical (unpaired) electrons. The predicted octanol–water partition coefficient (Wildman–Crippen LogP) is 2.75. The molecule has 0 aliphatic heterocycles. The molecule has 0 saturated heterocycles. The number of benzene rings is 2. The molecule has 0 bridgehead atoms. The quantitative estimate of drug-likeness (QED) is 0.639. The van der Waals surface area contributed by atoms with Gasteiger partial charge in [-0.05, 0) is 30.3 Å². The SMILES string of the molecule is O=C(Oc1ccccc1)c1ccc(O)c(F)c1. The summed E-state index contributed by atoms with van der Waals surface area (Å²) in [4.78, 5) is 11.6. The second-order valence-electron chi connectivity index (χ2n) is 3.37. The van der Waals surface area contributed by atoms with Crippen molar-refractivity contribution in [3.05, 3.63) is 59.9 Å². The Morgan fingerprint density at radius 3 is 2.47 bits per heavy atom. The van der Waals surface area contributed by atoms with Crippen molar-refractivity contribution >= 4 is 5.97 Å². The maximum atomic E-state index is 13.0. The van der Waals surface area contributed by atoms with E-state index in [1.165, 1.54) is 6.07 Å². The van der Waals surface area contributed by atoms with Crippen LogP contribution in [0.25, 0.3) is 0 Å². The number of para-hydroxylation sites is 1. The normalized spacial score (nSPS) is 9.94. The molecule has 0 heterocycles. The van der Waals surface area contributed by atoms with Crippen LogP contribution in [0.1, 0.15) is 10.4 Å². The number of ether oxygens (including phenoxy) is 1. The lowest BCUT2D eigenvalue weighted by Crippen LogP contribution is -2.08. The molecule has 0 unspecified atom stereocenters. The molecule has 0 aliphatic rings. The Hall–Kier alpha value is -2.36. The van der Waals surface area contributed by atoms with Gasteiger partial charge in [-0.25, -0.2) is 9.18 Å². The van der Waals surface area contributed by atoms with Crippen LogP contribution < -0.4 is 4.74 Å². The zero-order valence-electron chi connectivity index (χ0n) is 8.76. The molecular formula is C13H9FO3. The molecule has 0 aliphatic carbocycles. The van der Waals surface area contributed by atoms with Crippen molar-refractivity contribution in [2.75, 3.05) is 0 Å². The first kappa shape index (κ1) is 11.1. The van der Waals surface area contributed by atoms with Gasteiger partial charge in [0, 0.05) is 0 Å². The Morgan fingerprint density at radius 2 is 1.82 bits per heavy atom. The fraction of sp³-hybridized carbons (Fsp3) is 0. The van der Waals surface area contributed by atoms with Gasteiger partial charge in [0.1, 0.15) is 5.75 Å². The maximum absolute atomic E-state index is 13.0. The van der Waals surface area contributed by atoms with Crippen LogP contribution in [0, 0.1) is 5.82 Å². The summed E-state index contributed by atoms with van der Waals surface area (Å²) in [5.74, 6) is -1.64. The second-order valence-corrected chi connectivity index (χ2v) is 3.37. The van der Waals surface area contributed by atoms with Crippen molar-refractivity contribution < 1.29 is 19.0 Å². The van der Waals surface area contributed by atoms with Gasteiger partial charge in [-0.2, -0.15) is 0 Å². The molecule has 2 aromatic rings. The van der Waals surface area contributed by atoms with Gasteiger partial charge in [-0.3, -0.25) is 0 Å². The van der Waals surface area contributed by atoms with Crippen LogP contribution in [0.2, 0.25) is 0 Å². The summed E-state index contributed by atoms with van der Waals surface area (Å²) in [7, 11) is 0. The van der Waals surface area contributed by atoms with Crippen LogP contribution in [-0.2, 0) is 0 Å². The van der Waals surface area contributed by atoms with Crippen LogP contribution in [0.4, 0.5) is 4.39 Å². The molecule has 17 heavy (non-hydrogen) atoms. The molecule has 0 aromatic heterocycles. The van der Waals surface area contributed by atoms with E-state index in [9.17, 15) is 9.18 Å². The Labute approximate surface area is 97.1 Å². The summed E-state index contributed by atoms with van der Waals surface area (Å²) in [6.07, 6.45) is 0. The van der Waals surface area contributed by atoms with Crippen molar-refractivity contribution in [3.8, 4) is 11.5 Å². The maximum Gasteiger partial charge on any atom is 0.343 e. The van der Waals surface area contributed by atoms with E-state index in [2.05, 4.69) is 0 Å². The van der Waals surface area contributed by atoms with Crippen molar-refractivity contribution in [1.82, 2.24) is 0 Å². The number of esters is 1. The van der Waals surface area contributed by atoms with Crippen molar-refractivity contribution in [3.63, 3.8) is 0 Å². The molecule has 3 nitrogen and oxygen atoms in total. The van der Waals surface area contributed by atoms with Crippen LogP contribution in [0.5, 0.6) is 11.5 Å². The summed E-state index contributed by atoms with van der Waals surface area (Å²) >= 11 is 0. The molecule has 0 fully saturated rings. The number of aromatic hydroxyl groups is 1. The van der Waals surface area contributed by atoms with Crippen molar-refractivity contribution in [1.29, 1.82) is 0 Å². The first-order valence-electron chi connectivity index (χ1n) is 4.92. The van der Waals surface area contributed by atoms with Gasteiger partial charge in [-0.1, -0.05) is 18.2 Å². The van der Waals surface area contributed by atoms with Crippen LogP contribution >= 0.6 is 0 Å². The monoisotopic (exact) mass is 232 g/mol. The highest BCUT2D eigenvalue weighted by Gasteiger charge is 2.11. The van der Waals surface area contributed by atoms with Crippen molar-refractivity contribution in [2.24, 2.45) is 0 Å². The smallest absolute Gasteiger partial charge is 0.343 e. The van der Waals surface area contributed by atoms with Crippen LogP contribution in [0.3, 0.4) is 0 Å². The summed E-state index contributed by atoms with van der Waals surface area (Å²) < 4.78 is 18.0. The average Bonchev–Trinajstić information content (AvgIpc) is 2.34. The lowest BCUT2D eigenvalue weighted by Gasteiger charge is -2.04. The predicted molar refractivity (Wildman–Crippen MR) is 59.5 cm³/mol. The Morgan fingerprint density at radius 1 is 1.12 bits per heavy atom. The topological polar surface area (TPSA) is 46.5 Å². The Bertz CT molecular complexity index is 538. The molecule has 1 N–H and O–H groups in total. The number of carbonyl (C=O) groups excluding carboxylic acids is 1. The minimum absolute atomic E-state index is 0.0455. The van der Waals surface area contributed by atoms with Gasteiger partial charge in [0.2, 0.25) is 0 Å². The zero-order valence-corrected chi connectivity index (χ0v) is 8.76. The molecule has 0 amide bonds. The third kappa shape index (κ3) is 2.60. The van der Waals surface area contributed by atoms with Crippen molar-refractivity contribution in [2.45, 2.75) is 0 Å². The Kier molecular flexibility index (Phi) is 3.05. The highest BCUT2D eigenvalue weighted by Crippen LogP contribution is 2.18. The van der Waals surface area contributed by atoms with E-state index in [0.717, 1.165) is 12.1 Å². The first-order valence-corrected chi connectivity index (χ1v) is 4.92. The first-order chi connectivity index (χ1) is 8.16. The highest BCUT2D eigenvalue weighted by molar-refractivity contribution is 5.91. The zero-order chi connectivity index (χ0) is 12.3. The van der Waals surface area contributed by atoms with E-state index < -0.39 is 17.5 Å². The largest absolute Gasteiger partial charge is 0.505 e. The molecule has 2 rings (SSSR count). The van der Waals surface area contributed by atoms with Gasteiger partial charge in [0.25, 0.3) is 0 Å². The molecule has 0 saturated carbocycles. The van der Waals surface area contributed by atoms with E-state index in [1.807, 2.05) is 0 Å². The van der Waals surface area contributed by atoms with E-state index in [-0.39, 0.29) is 5.56 Å². The van der Waals surface area contributed by atoms with Gasteiger partial charge in [-0.15, -0.1) is 0 Å². The van der Waals surface area contributed by atoms with E-state index >= 15 is 0 Å². The molecule has 4 heteroatoms. The number of phenolic OH excluding ortho intramolecular Hbond substituents is 1. The molecular weight excluding hydrogens is 223 g/mol. The Balaban J connectivity index is 2.18. The average molecular weight is 232 g/mol. The summed E-state index contributed by atoms with van der Waals surface area (Å²) in [6, 6.07) is 11.8. The number of phenols is 1. The van der Waals surface area contributed by atoms with Gasteiger partial charge in [0.15, 0.2) is 11.6 Å². The number of rotatable bonds is 2. The third-order valence-corrected chi connectivity index (χ3v) is 2.14. The van der Waals surface area contributed by atoms with Gasteiger partial charge < -0.3 is 9.84 Å². The fourth-order valence-corrected chi connectivity index (χ4v) is 1.29. The van der Waals surface area contributed by atoms with E-state index in [1.54, 1.807) is 30.3 Å². The third-order valence-electron chi connectivity index (χ3n) is 2.14. The molecule has 0 atom stereocenters. The summed E-state index contributed by atoms with van der Waals surface area (Å²) in [6.45, 7) is 0. The van der Waals surface area contributed by atoms with Gasteiger partial charge in [0.05, 0.1) is 5.56 Å². The molecule has 2 aromatic carbocycles. The lowest BCUT2D eigenvalue weighted by atomic mass is 10.2. The number of hydrogen-bond acceptors (Lipinski definition) is 3. The minimum Gasteiger partial charge on any atom is -0.505 e. The van der Waals surface area contributed by atoms with Crippen LogP contribution in [0.15, 0.2) is 48.5 Å². The number of carbonyl (C=O) groups is 1. The number of hydrogen-bond donors (Lipinski definition) is 1.